The van der Waals surface area contributed by atoms with Crippen LogP contribution in [0.1, 0.15) is 24.4 Å². The minimum atomic E-state index is -0.272. The Morgan fingerprint density at radius 2 is 2.26 bits per heavy atom. The Labute approximate surface area is 121 Å². The topological polar surface area (TPSA) is 50.7 Å². The second-order valence-electron chi connectivity index (χ2n) is 4.48. The van der Waals surface area contributed by atoms with Gasteiger partial charge in [0.1, 0.15) is 5.82 Å². The SMILES string of the molecule is O=c1[nH]nc(SCc2cc(F)cc(Br)c2)n1C1CC1. The van der Waals surface area contributed by atoms with E-state index in [1.807, 2.05) is 6.07 Å². The number of aromatic amines is 1. The zero-order chi connectivity index (χ0) is 13.4. The van der Waals surface area contributed by atoms with E-state index in [9.17, 15) is 9.18 Å². The Balaban J connectivity index is 1.77. The Kier molecular flexibility index (Phi) is 3.49. The maximum atomic E-state index is 13.3. The molecule has 1 N–H and O–H groups in total. The van der Waals surface area contributed by atoms with Crippen molar-refractivity contribution in [2.75, 3.05) is 0 Å². The summed E-state index contributed by atoms with van der Waals surface area (Å²) in [5.74, 6) is 0.305. The number of halogens is 2. The molecule has 0 bridgehead atoms. The van der Waals surface area contributed by atoms with Crippen molar-refractivity contribution in [1.29, 1.82) is 0 Å². The highest BCUT2D eigenvalue weighted by Gasteiger charge is 2.28. The maximum absolute atomic E-state index is 13.3. The van der Waals surface area contributed by atoms with Crippen LogP contribution in [0.4, 0.5) is 4.39 Å². The van der Waals surface area contributed by atoms with Crippen molar-refractivity contribution in [3.63, 3.8) is 0 Å². The van der Waals surface area contributed by atoms with Crippen molar-refractivity contribution in [3.8, 4) is 0 Å². The molecule has 4 nitrogen and oxygen atoms in total. The second kappa shape index (κ2) is 5.13. The van der Waals surface area contributed by atoms with Crippen LogP contribution >= 0.6 is 27.7 Å². The van der Waals surface area contributed by atoms with Crippen LogP contribution in [0.5, 0.6) is 0 Å². The highest BCUT2D eigenvalue weighted by Crippen LogP contribution is 2.36. The monoisotopic (exact) mass is 343 g/mol. The van der Waals surface area contributed by atoms with Crippen molar-refractivity contribution in [2.24, 2.45) is 0 Å². The normalized spacial score (nSPS) is 14.8. The predicted octanol–water partition coefficient (Wildman–Crippen LogP) is 3.10. The first kappa shape index (κ1) is 12.9. The summed E-state index contributed by atoms with van der Waals surface area (Å²) in [7, 11) is 0. The second-order valence-corrected chi connectivity index (χ2v) is 6.34. The average molecular weight is 344 g/mol. The summed E-state index contributed by atoms with van der Waals surface area (Å²) < 4.78 is 15.7. The fourth-order valence-corrected chi connectivity index (χ4v) is 3.35. The lowest BCUT2D eigenvalue weighted by Gasteiger charge is -2.04. The van der Waals surface area contributed by atoms with Crippen LogP contribution in [0.15, 0.2) is 32.6 Å². The van der Waals surface area contributed by atoms with Gasteiger partial charge in [0.25, 0.3) is 0 Å². The molecule has 7 heteroatoms. The first-order valence-corrected chi connectivity index (χ1v) is 7.66. The highest BCUT2D eigenvalue weighted by molar-refractivity contribution is 9.10. The lowest BCUT2D eigenvalue weighted by atomic mass is 10.2. The molecule has 3 rings (SSSR count). The van der Waals surface area contributed by atoms with Gasteiger partial charge >= 0.3 is 5.69 Å². The molecular formula is C12H11BrFN3OS. The van der Waals surface area contributed by atoms with Crippen molar-refractivity contribution >= 4 is 27.7 Å². The van der Waals surface area contributed by atoms with Crippen molar-refractivity contribution in [1.82, 2.24) is 14.8 Å². The van der Waals surface area contributed by atoms with Gasteiger partial charge in [0, 0.05) is 16.3 Å². The standard InChI is InChI=1S/C12H11BrFN3OS/c13-8-3-7(4-9(14)5-8)6-19-12-16-15-11(18)17(12)10-1-2-10/h3-5,10H,1-2,6H2,(H,15,18). The molecule has 0 atom stereocenters. The number of aromatic nitrogens is 3. The average Bonchev–Trinajstić information content (AvgIpc) is 3.10. The fraction of sp³-hybridized carbons (Fsp3) is 0.333. The van der Waals surface area contributed by atoms with Crippen molar-refractivity contribution in [2.45, 2.75) is 29.8 Å². The zero-order valence-electron chi connectivity index (χ0n) is 9.90. The molecule has 1 aliphatic rings. The minimum Gasteiger partial charge on any atom is -0.267 e. The summed E-state index contributed by atoms with van der Waals surface area (Å²) in [6.45, 7) is 0. The van der Waals surface area contributed by atoms with Crippen molar-refractivity contribution < 1.29 is 4.39 Å². The van der Waals surface area contributed by atoms with Gasteiger partial charge in [-0.25, -0.2) is 14.3 Å². The van der Waals surface area contributed by atoms with Crippen LogP contribution in [0, 0.1) is 5.82 Å². The van der Waals surface area contributed by atoms with Gasteiger partial charge in [-0.1, -0.05) is 27.7 Å². The third-order valence-corrected chi connectivity index (χ3v) is 4.36. The molecule has 1 aromatic carbocycles. The van der Waals surface area contributed by atoms with Gasteiger partial charge in [-0.15, -0.1) is 5.10 Å². The lowest BCUT2D eigenvalue weighted by molar-refractivity contribution is 0.625. The molecule has 2 aromatic rings. The van der Waals surface area contributed by atoms with E-state index in [4.69, 9.17) is 0 Å². The Bertz CT molecular complexity index is 645. The molecule has 19 heavy (non-hydrogen) atoms. The molecule has 0 radical (unpaired) electrons. The van der Waals surface area contributed by atoms with Crippen molar-refractivity contribution in [3.05, 3.63) is 44.5 Å². The van der Waals surface area contributed by atoms with Crippen LogP contribution in [0.2, 0.25) is 0 Å². The lowest BCUT2D eigenvalue weighted by Crippen LogP contribution is -2.16. The van der Waals surface area contributed by atoms with Gasteiger partial charge in [-0.05, 0) is 36.6 Å². The third kappa shape index (κ3) is 2.92. The first-order valence-electron chi connectivity index (χ1n) is 5.88. The quantitative estimate of drug-likeness (QED) is 0.868. The molecule has 0 aliphatic heterocycles. The number of nitrogens with one attached hydrogen (secondary N) is 1. The number of thioether (sulfide) groups is 1. The van der Waals surface area contributed by atoms with Gasteiger partial charge in [0.15, 0.2) is 5.16 Å². The summed E-state index contributed by atoms with van der Waals surface area (Å²) >= 11 is 4.70. The largest absolute Gasteiger partial charge is 0.344 e. The molecule has 1 aromatic heterocycles. The van der Waals surface area contributed by atoms with E-state index < -0.39 is 0 Å². The number of nitrogens with zero attached hydrogens (tertiary/aromatic N) is 2. The summed E-state index contributed by atoms with van der Waals surface area (Å²) in [6, 6.07) is 5.06. The smallest absolute Gasteiger partial charge is 0.267 e. The van der Waals surface area contributed by atoms with E-state index in [2.05, 4.69) is 26.1 Å². The molecule has 0 saturated heterocycles. The van der Waals surface area contributed by atoms with Gasteiger partial charge in [0.05, 0.1) is 0 Å². The van der Waals surface area contributed by atoms with E-state index in [0.29, 0.717) is 15.4 Å². The molecule has 0 unspecified atom stereocenters. The van der Waals surface area contributed by atoms with Gasteiger partial charge in [-0.2, -0.15) is 0 Å². The number of rotatable bonds is 4. The molecule has 1 heterocycles. The Morgan fingerprint density at radius 1 is 1.47 bits per heavy atom. The van der Waals surface area contributed by atoms with E-state index in [1.165, 1.54) is 23.9 Å². The van der Waals surface area contributed by atoms with E-state index in [1.54, 1.807) is 4.57 Å². The van der Waals surface area contributed by atoms with Gasteiger partial charge in [0.2, 0.25) is 0 Å². The first-order chi connectivity index (χ1) is 9.13. The minimum absolute atomic E-state index is 0.162. The summed E-state index contributed by atoms with van der Waals surface area (Å²) in [5.41, 5.74) is 0.695. The number of hydrogen-bond donors (Lipinski definition) is 1. The van der Waals surface area contributed by atoms with Crippen LogP contribution in [0.3, 0.4) is 0 Å². The fourth-order valence-electron chi connectivity index (χ4n) is 1.89. The summed E-state index contributed by atoms with van der Waals surface area (Å²) in [5, 5.41) is 7.16. The Hall–Kier alpha value is -1.08. The third-order valence-electron chi connectivity index (χ3n) is 2.87. The molecule has 1 saturated carbocycles. The zero-order valence-corrected chi connectivity index (χ0v) is 12.3. The molecule has 0 spiro atoms. The molecule has 100 valence electrons. The van der Waals surface area contributed by atoms with E-state index >= 15 is 0 Å². The number of hydrogen-bond acceptors (Lipinski definition) is 3. The van der Waals surface area contributed by atoms with Crippen LogP contribution in [0.25, 0.3) is 0 Å². The van der Waals surface area contributed by atoms with E-state index in [0.717, 1.165) is 18.4 Å². The summed E-state index contributed by atoms with van der Waals surface area (Å²) in [4.78, 5) is 11.6. The molecular weight excluding hydrogens is 333 g/mol. The van der Waals surface area contributed by atoms with Crippen LogP contribution in [-0.4, -0.2) is 14.8 Å². The number of H-pyrrole nitrogens is 1. The molecule has 1 fully saturated rings. The summed E-state index contributed by atoms with van der Waals surface area (Å²) in [6.07, 6.45) is 2.05. The molecule has 1 aliphatic carbocycles. The Morgan fingerprint density at radius 3 is 2.95 bits per heavy atom. The predicted molar refractivity (Wildman–Crippen MR) is 74.8 cm³/mol. The van der Waals surface area contributed by atoms with Crippen LogP contribution < -0.4 is 5.69 Å². The van der Waals surface area contributed by atoms with Gasteiger partial charge < -0.3 is 0 Å². The molecule has 0 amide bonds. The number of benzene rings is 1. The van der Waals surface area contributed by atoms with E-state index in [-0.39, 0.29) is 17.5 Å². The highest BCUT2D eigenvalue weighted by atomic mass is 79.9. The van der Waals surface area contributed by atoms with Crippen LogP contribution in [-0.2, 0) is 5.75 Å². The maximum Gasteiger partial charge on any atom is 0.344 e. The van der Waals surface area contributed by atoms with Gasteiger partial charge in [-0.3, -0.25) is 4.57 Å².